The molecule has 2 saturated heterocycles. The van der Waals surface area contributed by atoms with Gasteiger partial charge in [-0.1, -0.05) is 30.4 Å². The number of imide groups is 1. The molecule has 1 aromatic carbocycles. The minimum Gasteiger partial charge on any atom is -0.362 e. The van der Waals surface area contributed by atoms with Crippen molar-refractivity contribution in [2.24, 2.45) is 11.8 Å². The van der Waals surface area contributed by atoms with Crippen molar-refractivity contribution in [3.05, 3.63) is 42.5 Å². The van der Waals surface area contributed by atoms with Crippen LogP contribution < -0.4 is 4.90 Å². The number of ether oxygens (including phenoxy) is 1. The summed E-state index contributed by atoms with van der Waals surface area (Å²) in [5, 5.41) is 0. The Morgan fingerprint density at radius 3 is 2.58 bits per heavy atom. The predicted octanol–water partition coefficient (Wildman–Crippen LogP) is 1.52. The van der Waals surface area contributed by atoms with E-state index in [0.717, 1.165) is 0 Å². The summed E-state index contributed by atoms with van der Waals surface area (Å²) in [5.41, 5.74) is 0.0286. The van der Waals surface area contributed by atoms with Gasteiger partial charge in [0.15, 0.2) is 0 Å². The summed E-state index contributed by atoms with van der Waals surface area (Å²) in [6.45, 7) is 1.88. The molecule has 19 heavy (non-hydrogen) atoms. The Labute approximate surface area is 110 Å². The van der Waals surface area contributed by atoms with Crippen LogP contribution in [-0.2, 0) is 14.3 Å². The second-order valence-corrected chi connectivity index (χ2v) is 5.48. The molecule has 3 aliphatic rings. The van der Waals surface area contributed by atoms with Gasteiger partial charge in [0.2, 0.25) is 11.8 Å². The third-order valence-corrected chi connectivity index (χ3v) is 4.34. The number of anilines is 1. The maximum atomic E-state index is 12.6. The van der Waals surface area contributed by atoms with E-state index in [0.29, 0.717) is 5.69 Å². The van der Waals surface area contributed by atoms with Crippen molar-refractivity contribution in [3.63, 3.8) is 0 Å². The fraction of sp³-hybridized carbons (Fsp3) is 0.333. The van der Waals surface area contributed by atoms with Crippen molar-refractivity contribution in [3.8, 4) is 0 Å². The Morgan fingerprint density at radius 2 is 1.89 bits per heavy atom. The van der Waals surface area contributed by atoms with Crippen molar-refractivity contribution in [1.29, 1.82) is 0 Å². The molecule has 3 aliphatic heterocycles. The molecule has 2 bridgehead atoms. The molecule has 4 atom stereocenters. The van der Waals surface area contributed by atoms with Crippen LogP contribution in [0.1, 0.15) is 6.92 Å². The minimum atomic E-state index is -0.619. The summed E-state index contributed by atoms with van der Waals surface area (Å²) in [6.07, 6.45) is 3.57. The van der Waals surface area contributed by atoms with Gasteiger partial charge in [0.1, 0.15) is 0 Å². The first-order chi connectivity index (χ1) is 9.12. The predicted molar refractivity (Wildman–Crippen MR) is 68.3 cm³/mol. The summed E-state index contributed by atoms with van der Waals surface area (Å²) in [7, 11) is 0. The zero-order chi connectivity index (χ0) is 13.2. The Kier molecular flexibility index (Phi) is 1.92. The molecule has 0 N–H and O–H groups in total. The lowest BCUT2D eigenvalue weighted by molar-refractivity contribution is -0.126. The molecule has 4 nitrogen and oxygen atoms in total. The van der Waals surface area contributed by atoms with Crippen LogP contribution in [0.5, 0.6) is 0 Å². The van der Waals surface area contributed by atoms with Crippen molar-refractivity contribution in [1.82, 2.24) is 0 Å². The first kappa shape index (κ1) is 10.9. The second-order valence-electron chi connectivity index (χ2n) is 5.48. The number of para-hydroxylation sites is 1. The normalized spacial score (nSPS) is 39.2. The number of fused-ring (bicyclic) bond motifs is 5. The average molecular weight is 255 g/mol. The van der Waals surface area contributed by atoms with Gasteiger partial charge in [0.25, 0.3) is 0 Å². The standard InChI is InChI=1S/C15H13NO3/c1-15-8-7-10(19-15)11-12(15)14(18)16(13(11)17)9-5-3-2-4-6-9/h2-8,10-12H,1H3/t10-,11-,12+,15+/m0/s1. The van der Waals surface area contributed by atoms with Gasteiger partial charge in [-0.3, -0.25) is 9.59 Å². The Hall–Kier alpha value is -1.94. The molecule has 96 valence electrons. The lowest BCUT2D eigenvalue weighted by Crippen LogP contribution is -2.38. The van der Waals surface area contributed by atoms with Crippen molar-refractivity contribution in [2.45, 2.75) is 18.6 Å². The van der Waals surface area contributed by atoms with Crippen LogP contribution in [0, 0.1) is 11.8 Å². The molecule has 0 saturated carbocycles. The molecule has 0 spiro atoms. The van der Waals surface area contributed by atoms with Crippen molar-refractivity contribution >= 4 is 17.5 Å². The second kappa shape index (κ2) is 3.33. The summed E-state index contributed by atoms with van der Waals surface area (Å²) in [5.74, 6) is -1.02. The van der Waals surface area contributed by atoms with Crippen LogP contribution in [0.4, 0.5) is 5.69 Å². The lowest BCUT2D eigenvalue weighted by atomic mass is 9.78. The minimum absolute atomic E-state index is 0.140. The van der Waals surface area contributed by atoms with Crippen LogP contribution >= 0.6 is 0 Å². The summed E-state index contributed by atoms with van der Waals surface area (Å²) in [6, 6.07) is 9.10. The van der Waals surface area contributed by atoms with Crippen LogP contribution in [0.25, 0.3) is 0 Å². The first-order valence-corrected chi connectivity index (χ1v) is 6.42. The smallest absolute Gasteiger partial charge is 0.241 e. The summed E-state index contributed by atoms with van der Waals surface area (Å²) < 4.78 is 5.77. The van der Waals surface area contributed by atoms with E-state index in [9.17, 15) is 9.59 Å². The number of benzene rings is 1. The largest absolute Gasteiger partial charge is 0.362 e. The summed E-state index contributed by atoms with van der Waals surface area (Å²) in [4.78, 5) is 26.4. The van der Waals surface area contributed by atoms with Crippen molar-refractivity contribution < 1.29 is 14.3 Å². The number of nitrogens with zero attached hydrogens (tertiary/aromatic N) is 1. The Balaban J connectivity index is 1.80. The molecule has 3 heterocycles. The first-order valence-electron chi connectivity index (χ1n) is 6.42. The molecule has 4 heteroatoms. The molecule has 2 fully saturated rings. The average Bonchev–Trinajstić information content (AvgIpc) is 3.00. The van der Waals surface area contributed by atoms with E-state index in [2.05, 4.69) is 0 Å². The number of amides is 2. The number of hydrogen-bond acceptors (Lipinski definition) is 3. The quantitative estimate of drug-likeness (QED) is 0.564. The fourth-order valence-electron chi connectivity index (χ4n) is 3.48. The van der Waals surface area contributed by atoms with Gasteiger partial charge in [0.05, 0.1) is 29.2 Å². The number of carbonyl (C=O) groups is 2. The molecule has 0 aliphatic carbocycles. The lowest BCUT2D eigenvalue weighted by Gasteiger charge is -2.24. The van der Waals surface area contributed by atoms with Gasteiger partial charge in [0, 0.05) is 0 Å². The topological polar surface area (TPSA) is 46.6 Å². The van der Waals surface area contributed by atoms with Crippen LogP contribution in [0.15, 0.2) is 42.5 Å². The zero-order valence-electron chi connectivity index (χ0n) is 10.4. The Bertz CT molecular complexity index is 609. The molecule has 2 amide bonds. The molecule has 1 aromatic rings. The summed E-state index contributed by atoms with van der Waals surface area (Å²) >= 11 is 0. The zero-order valence-corrected chi connectivity index (χ0v) is 10.4. The number of carbonyl (C=O) groups excluding carboxylic acids is 2. The van der Waals surface area contributed by atoms with E-state index in [-0.39, 0.29) is 29.8 Å². The highest BCUT2D eigenvalue weighted by atomic mass is 16.5. The molecule has 4 rings (SSSR count). The number of hydrogen-bond donors (Lipinski definition) is 0. The molecular formula is C15H13NO3. The third-order valence-electron chi connectivity index (χ3n) is 4.34. The van der Waals surface area contributed by atoms with Gasteiger partial charge in [-0.05, 0) is 19.1 Å². The Morgan fingerprint density at radius 1 is 1.16 bits per heavy atom. The monoisotopic (exact) mass is 255 g/mol. The highest BCUT2D eigenvalue weighted by molar-refractivity contribution is 6.23. The van der Waals surface area contributed by atoms with E-state index in [1.54, 1.807) is 12.1 Å². The molecule has 0 unspecified atom stereocenters. The maximum absolute atomic E-state index is 12.6. The third kappa shape index (κ3) is 1.22. The van der Waals surface area contributed by atoms with E-state index in [4.69, 9.17) is 4.74 Å². The van der Waals surface area contributed by atoms with E-state index >= 15 is 0 Å². The van der Waals surface area contributed by atoms with Gasteiger partial charge < -0.3 is 4.74 Å². The van der Waals surface area contributed by atoms with Crippen molar-refractivity contribution in [2.75, 3.05) is 4.90 Å². The maximum Gasteiger partial charge on any atom is 0.241 e. The van der Waals surface area contributed by atoms with E-state index in [1.165, 1.54) is 4.90 Å². The van der Waals surface area contributed by atoms with E-state index in [1.807, 2.05) is 37.3 Å². The SMILES string of the molecule is C[C@]12C=C[C@H](O1)[C@@H]1C(=O)N(c3ccccc3)C(=O)[C@@H]12. The van der Waals surface area contributed by atoms with Crippen LogP contribution in [-0.4, -0.2) is 23.5 Å². The highest BCUT2D eigenvalue weighted by Gasteiger charge is 2.65. The van der Waals surface area contributed by atoms with Gasteiger partial charge in [-0.2, -0.15) is 0 Å². The van der Waals surface area contributed by atoms with Crippen LogP contribution in [0.2, 0.25) is 0 Å². The van der Waals surface area contributed by atoms with Crippen LogP contribution in [0.3, 0.4) is 0 Å². The fourth-order valence-corrected chi connectivity index (χ4v) is 3.48. The van der Waals surface area contributed by atoms with Gasteiger partial charge in [-0.15, -0.1) is 0 Å². The molecule has 0 radical (unpaired) electrons. The molecular weight excluding hydrogens is 242 g/mol. The number of rotatable bonds is 1. The molecule has 0 aromatic heterocycles. The van der Waals surface area contributed by atoms with Gasteiger partial charge in [-0.25, -0.2) is 4.90 Å². The van der Waals surface area contributed by atoms with E-state index < -0.39 is 5.60 Å². The highest BCUT2D eigenvalue weighted by Crippen LogP contribution is 2.52. The van der Waals surface area contributed by atoms with Gasteiger partial charge >= 0.3 is 0 Å².